The molecule has 1 aromatic carbocycles. The molecule has 3 aromatic rings. The zero-order valence-electron chi connectivity index (χ0n) is 16.8. The molecule has 0 spiro atoms. The molecule has 7 nitrogen and oxygen atoms in total. The molecule has 0 aliphatic carbocycles. The van der Waals surface area contributed by atoms with E-state index in [1.165, 1.54) is 10.1 Å². The van der Waals surface area contributed by atoms with E-state index in [-0.39, 0.29) is 17.5 Å². The Balaban J connectivity index is 1.61. The molecule has 1 saturated heterocycles. The number of likely N-dealkylation sites (tertiary alicyclic amines) is 1. The lowest BCUT2D eigenvalue weighted by molar-refractivity contribution is 0.180. The summed E-state index contributed by atoms with van der Waals surface area (Å²) < 4.78 is 3.65. The van der Waals surface area contributed by atoms with E-state index in [4.69, 9.17) is 0 Å². The van der Waals surface area contributed by atoms with Gasteiger partial charge in [-0.15, -0.1) is 0 Å². The highest BCUT2D eigenvalue weighted by Crippen LogP contribution is 2.29. The van der Waals surface area contributed by atoms with E-state index < -0.39 is 0 Å². The first-order valence-electron chi connectivity index (χ1n) is 10.3. The van der Waals surface area contributed by atoms with Gasteiger partial charge in [-0.25, -0.2) is 4.79 Å². The lowest BCUT2D eigenvalue weighted by Crippen LogP contribution is -2.44. The maximum atomic E-state index is 12.6. The second kappa shape index (κ2) is 8.51. The Morgan fingerprint density at radius 3 is 2.66 bits per heavy atom. The van der Waals surface area contributed by atoms with Gasteiger partial charge in [-0.3, -0.25) is 4.79 Å². The fraction of sp³-hybridized carbons (Fsp3) is 0.409. The van der Waals surface area contributed by atoms with Gasteiger partial charge in [0.15, 0.2) is 0 Å². The van der Waals surface area contributed by atoms with Crippen LogP contribution in [0.15, 0.2) is 53.5 Å². The largest absolute Gasteiger partial charge is 0.338 e. The Morgan fingerprint density at radius 1 is 1.17 bits per heavy atom. The number of fused-ring (bicyclic) bond motifs is 1. The Kier molecular flexibility index (Phi) is 5.64. The molecule has 0 bridgehead atoms. The molecular formula is C22H27N5O2. The Morgan fingerprint density at radius 2 is 1.93 bits per heavy atom. The number of nitrogens with one attached hydrogen (secondary N) is 1. The number of urea groups is 1. The molecule has 29 heavy (non-hydrogen) atoms. The molecule has 4 rings (SSSR count). The van der Waals surface area contributed by atoms with Crippen molar-refractivity contribution in [1.29, 1.82) is 0 Å². The van der Waals surface area contributed by atoms with Crippen LogP contribution in [-0.2, 0) is 6.54 Å². The van der Waals surface area contributed by atoms with E-state index in [0.717, 1.165) is 30.6 Å². The lowest BCUT2D eigenvalue weighted by atomic mass is 9.92. The zero-order valence-corrected chi connectivity index (χ0v) is 16.8. The van der Waals surface area contributed by atoms with Crippen LogP contribution in [0.2, 0.25) is 0 Å². The number of hydrogen-bond donors (Lipinski definition) is 1. The summed E-state index contributed by atoms with van der Waals surface area (Å²) in [6.45, 7) is 4.83. The highest BCUT2D eigenvalue weighted by molar-refractivity contribution is 5.74. The Bertz CT molecular complexity index is 1030. The summed E-state index contributed by atoms with van der Waals surface area (Å²) in [5.74, 6) is 0.238. The van der Waals surface area contributed by atoms with Crippen molar-refractivity contribution >= 4 is 11.7 Å². The normalized spacial score (nSPS) is 15.0. The molecule has 1 N–H and O–H groups in total. The lowest BCUT2D eigenvalue weighted by Gasteiger charge is -2.33. The smallest absolute Gasteiger partial charge is 0.317 e. The SMILES string of the molecule is CCCNC(=O)N1CCC(c2cc(=O)n3nccc3n2Cc2ccccc2)CC1. The molecular weight excluding hydrogens is 366 g/mol. The van der Waals surface area contributed by atoms with Crippen LogP contribution in [0.25, 0.3) is 5.65 Å². The fourth-order valence-corrected chi connectivity index (χ4v) is 4.07. The number of aromatic nitrogens is 3. The van der Waals surface area contributed by atoms with Crippen LogP contribution in [0.5, 0.6) is 0 Å². The molecule has 1 aliphatic rings. The second-order valence-electron chi connectivity index (χ2n) is 7.57. The summed E-state index contributed by atoms with van der Waals surface area (Å²) in [6.07, 6.45) is 4.29. The first-order chi connectivity index (χ1) is 14.2. The summed E-state index contributed by atoms with van der Waals surface area (Å²) in [5.41, 5.74) is 2.91. The zero-order chi connectivity index (χ0) is 20.2. The fourth-order valence-electron chi connectivity index (χ4n) is 4.07. The van der Waals surface area contributed by atoms with E-state index in [1.807, 2.05) is 36.1 Å². The van der Waals surface area contributed by atoms with Gasteiger partial charge in [-0.2, -0.15) is 9.61 Å². The highest BCUT2D eigenvalue weighted by Gasteiger charge is 2.26. The van der Waals surface area contributed by atoms with Gasteiger partial charge in [0.2, 0.25) is 0 Å². The van der Waals surface area contributed by atoms with Gasteiger partial charge in [-0.1, -0.05) is 37.3 Å². The Hall–Kier alpha value is -3.09. The molecule has 152 valence electrons. The van der Waals surface area contributed by atoms with Crippen LogP contribution in [0.3, 0.4) is 0 Å². The molecule has 3 heterocycles. The molecule has 1 aliphatic heterocycles. The van der Waals surface area contributed by atoms with E-state index >= 15 is 0 Å². The van der Waals surface area contributed by atoms with E-state index in [0.29, 0.717) is 26.2 Å². The summed E-state index contributed by atoms with van der Waals surface area (Å²) >= 11 is 0. The molecule has 2 amide bonds. The van der Waals surface area contributed by atoms with Crippen molar-refractivity contribution in [3.05, 3.63) is 70.3 Å². The monoisotopic (exact) mass is 393 g/mol. The van der Waals surface area contributed by atoms with Crippen molar-refractivity contribution in [3.8, 4) is 0 Å². The number of hydrogen-bond acceptors (Lipinski definition) is 3. The van der Waals surface area contributed by atoms with Crippen LogP contribution < -0.4 is 10.9 Å². The summed E-state index contributed by atoms with van der Waals surface area (Å²) in [6, 6.07) is 13.9. The van der Waals surface area contributed by atoms with E-state index in [1.54, 1.807) is 12.3 Å². The van der Waals surface area contributed by atoms with Crippen molar-refractivity contribution < 1.29 is 4.79 Å². The third-order valence-electron chi connectivity index (χ3n) is 5.60. The van der Waals surface area contributed by atoms with Gasteiger partial charge in [0.05, 0.1) is 6.20 Å². The molecule has 0 saturated carbocycles. The second-order valence-corrected chi connectivity index (χ2v) is 7.57. The summed E-state index contributed by atoms with van der Waals surface area (Å²) in [7, 11) is 0. The predicted molar refractivity (Wildman–Crippen MR) is 112 cm³/mol. The minimum Gasteiger partial charge on any atom is -0.338 e. The number of rotatable bonds is 5. The number of piperidine rings is 1. The van der Waals surface area contributed by atoms with Crippen LogP contribution in [-0.4, -0.2) is 44.7 Å². The minimum absolute atomic E-state index is 0.0122. The maximum Gasteiger partial charge on any atom is 0.317 e. The van der Waals surface area contributed by atoms with Gasteiger partial charge >= 0.3 is 6.03 Å². The van der Waals surface area contributed by atoms with Gasteiger partial charge in [0, 0.05) is 49.9 Å². The molecule has 0 radical (unpaired) electrons. The van der Waals surface area contributed by atoms with Gasteiger partial charge in [-0.05, 0) is 24.8 Å². The number of amides is 2. The predicted octanol–water partition coefficient (Wildman–Crippen LogP) is 2.84. The van der Waals surface area contributed by atoms with Crippen LogP contribution in [0, 0.1) is 0 Å². The first-order valence-corrected chi connectivity index (χ1v) is 10.3. The minimum atomic E-state index is -0.104. The van der Waals surface area contributed by atoms with Crippen molar-refractivity contribution in [3.63, 3.8) is 0 Å². The van der Waals surface area contributed by atoms with Gasteiger partial charge in [0.25, 0.3) is 5.56 Å². The standard InChI is InChI=1S/C22H27N5O2/c1-2-11-23-22(29)25-13-9-18(10-14-25)19-15-21(28)27-20(8-12-24-27)26(19)16-17-6-4-3-5-7-17/h3-8,12,15,18H,2,9-11,13-14,16H2,1H3,(H,23,29). The summed E-state index contributed by atoms with van der Waals surface area (Å²) in [5, 5.41) is 7.14. The topological polar surface area (TPSA) is 71.6 Å². The van der Waals surface area contributed by atoms with E-state index in [9.17, 15) is 9.59 Å². The third kappa shape index (κ3) is 4.04. The van der Waals surface area contributed by atoms with Crippen molar-refractivity contribution in [2.24, 2.45) is 0 Å². The molecule has 0 unspecified atom stereocenters. The molecule has 2 aromatic heterocycles. The number of carbonyl (C=O) groups is 1. The third-order valence-corrected chi connectivity index (χ3v) is 5.60. The van der Waals surface area contributed by atoms with E-state index in [2.05, 4.69) is 27.1 Å². The van der Waals surface area contributed by atoms with Crippen molar-refractivity contribution in [2.45, 2.75) is 38.6 Å². The Labute approximate surface area is 170 Å². The van der Waals surface area contributed by atoms with Crippen molar-refractivity contribution in [1.82, 2.24) is 24.4 Å². The molecule has 7 heteroatoms. The number of carbonyl (C=O) groups excluding carboxylic acids is 1. The maximum absolute atomic E-state index is 12.6. The van der Waals surface area contributed by atoms with Gasteiger partial charge < -0.3 is 14.8 Å². The van der Waals surface area contributed by atoms with Crippen LogP contribution >= 0.6 is 0 Å². The van der Waals surface area contributed by atoms with Crippen LogP contribution in [0.4, 0.5) is 4.79 Å². The molecule has 1 fully saturated rings. The first kappa shape index (κ1) is 19.2. The highest BCUT2D eigenvalue weighted by atomic mass is 16.2. The number of benzene rings is 1. The summed E-state index contributed by atoms with van der Waals surface area (Å²) in [4.78, 5) is 26.7. The van der Waals surface area contributed by atoms with Crippen LogP contribution in [0.1, 0.15) is 43.4 Å². The molecule has 0 atom stereocenters. The average Bonchev–Trinajstić information content (AvgIpc) is 3.25. The average molecular weight is 393 g/mol. The quantitative estimate of drug-likeness (QED) is 0.725. The van der Waals surface area contributed by atoms with Crippen molar-refractivity contribution in [2.75, 3.05) is 19.6 Å². The number of nitrogens with zero attached hydrogens (tertiary/aromatic N) is 4. The van der Waals surface area contributed by atoms with Gasteiger partial charge in [0.1, 0.15) is 5.65 Å².